The molecule has 0 radical (unpaired) electrons. The summed E-state index contributed by atoms with van der Waals surface area (Å²) in [6, 6.07) is 7.18. The summed E-state index contributed by atoms with van der Waals surface area (Å²) in [5, 5.41) is 13.0. The molecule has 2 heterocycles. The van der Waals surface area contributed by atoms with E-state index in [1.807, 2.05) is 23.6 Å². The predicted octanol–water partition coefficient (Wildman–Crippen LogP) is 3.60. The largest absolute Gasteiger partial charge is 0.502 e. The Kier molecular flexibility index (Phi) is 4.52. The fourth-order valence-corrected chi connectivity index (χ4v) is 3.13. The zero-order chi connectivity index (χ0) is 17.1. The second-order valence-electron chi connectivity index (χ2n) is 4.82. The van der Waals surface area contributed by atoms with Gasteiger partial charge in [-0.3, -0.25) is 0 Å². The Hall–Kier alpha value is -2.80. The molecule has 3 aromatic rings. The summed E-state index contributed by atoms with van der Waals surface area (Å²) in [6.45, 7) is 0. The third-order valence-electron chi connectivity index (χ3n) is 3.49. The first kappa shape index (κ1) is 16.1. The van der Waals surface area contributed by atoms with Crippen LogP contribution < -0.4 is 14.2 Å². The van der Waals surface area contributed by atoms with Crippen molar-refractivity contribution in [2.75, 3.05) is 21.3 Å². The van der Waals surface area contributed by atoms with Crippen LogP contribution in [0.3, 0.4) is 0 Å². The van der Waals surface area contributed by atoms with Gasteiger partial charge in [-0.1, -0.05) is 0 Å². The molecule has 124 valence electrons. The van der Waals surface area contributed by atoms with Crippen LogP contribution in [0.25, 0.3) is 21.8 Å². The molecule has 6 nitrogen and oxygen atoms in total. The zero-order valence-electron chi connectivity index (χ0n) is 13.4. The van der Waals surface area contributed by atoms with Gasteiger partial charge in [0.05, 0.1) is 27.0 Å². The molecule has 0 aliphatic carbocycles. The van der Waals surface area contributed by atoms with E-state index in [1.54, 1.807) is 19.4 Å². The number of thiazole rings is 1. The number of hydrogen-bond donors (Lipinski definition) is 1. The normalized spacial score (nSPS) is 10.5. The maximum Gasteiger partial charge on any atom is 0.213 e. The number of pyridine rings is 1. The molecule has 7 heteroatoms. The zero-order valence-corrected chi connectivity index (χ0v) is 14.3. The molecule has 1 N–H and O–H groups in total. The average Bonchev–Trinajstić information content (AvgIpc) is 3.11. The Morgan fingerprint density at radius 3 is 2.58 bits per heavy atom. The van der Waals surface area contributed by atoms with Gasteiger partial charge in [0.15, 0.2) is 11.5 Å². The fraction of sp³-hybridized carbons (Fsp3) is 0.176. The Morgan fingerprint density at radius 1 is 1.04 bits per heavy atom. The van der Waals surface area contributed by atoms with Crippen LogP contribution in [0.2, 0.25) is 0 Å². The summed E-state index contributed by atoms with van der Waals surface area (Å²) in [7, 11) is 4.56. The van der Waals surface area contributed by atoms with Crippen molar-refractivity contribution in [3.63, 3.8) is 0 Å². The first-order valence-corrected chi connectivity index (χ1v) is 7.96. The van der Waals surface area contributed by atoms with Crippen molar-refractivity contribution in [3.8, 4) is 45.0 Å². The molecule has 0 spiro atoms. The minimum Gasteiger partial charge on any atom is -0.502 e. The molecule has 0 amide bonds. The number of ether oxygens (including phenoxy) is 3. The highest BCUT2D eigenvalue weighted by atomic mass is 32.1. The standard InChI is InChI=1S/C17H16N2O4S/c1-21-13-5-4-11(16(23-3)15(13)20)12-9-24-17(19-12)10-6-7-18-14(8-10)22-2/h4-9,20H,1-3H3. The summed E-state index contributed by atoms with van der Waals surface area (Å²) in [5.41, 5.74) is 2.31. The predicted molar refractivity (Wildman–Crippen MR) is 92.1 cm³/mol. The van der Waals surface area contributed by atoms with Gasteiger partial charge >= 0.3 is 0 Å². The lowest BCUT2D eigenvalue weighted by Crippen LogP contribution is -1.92. The molecule has 0 saturated heterocycles. The van der Waals surface area contributed by atoms with Crippen LogP contribution >= 0.6 is 11.3 Å². The second kappa shape index (κ2) is 6.76. The van der Waals surface area contributed by atoms with E-state index in [-0.39, 0.29) is 5.75 Å². The first-order valence-electron chi connectivity index (χ1n) is 7.08. The molecular weight excluding hydrogens is 328 g/mol. The van der Waals surface area contributed by atoms with Gasteiger partial charge in [-0.15, -0.1) is 11.3 Å². The van der Waals surface area contributed by atoms with Gasteiger partial charge in [0.2, 0.25) is 11.6 Å². The molecule has 0 unspecified atom stereocenters. The van der Waals surface area contributed by atoms with Crippen LogP contribution in [0.4, 0.5) is 0 Å². The second-order valence-corrected chi connectivity index (χ2v) is 5.68. The number of hydrogen-bond acceptors (Lipinski definition) is 7. The molecule has 0 aliphatic rings. The van der Waals surface area contributed by atoms with E-state index >= 15 is 0 Å². The summed E-state index contributed by atoms with van der Waals surface area (Å²) < 4.78 is 15.6. The lowest BCUT2D eigenvalue weighted by Gasteiger charge is -2.11. The molecular formula is C17H16N2O4S. The van der Waals surface area contributed by atoms with Crippen LogP contribution in [-0.4, -0.2) is 36.4 Å². The van der Waals surface area contributed by atoms with E-state index in [0.29, 0.717) is 28.6 Å². The highest BCUT2D eigenvalue weighted by Gasteiger charge is 2.18. The minimum absolute atomic E-state index is 0.0439. The van der Waals surface area contributed by atoms with Crippen molar-refractivity contribution in [2.24, 2.45) is 0 Å². The minimum atomic E-state index is -0.0439. The topological polar surface area (TPSA) is 73.7 Å². The monoisotopic (exact) mass is 344 g/mol. The van der Waals surface area contributed by atoms with E-state index in [0.717, 1.165) is 10.6 Å². The SMILES string of the molecule is COc1cc(-c2nc(-c3ccc(OC)c(O)c3OC)cs2)ccn1. The number of aromatic hydroxyl groups is 1. The maximum absolute atomic E-state index is 10.2. The smallest absolute Gasteiger partial charge is 0.213 e. The van der Waals surface area contributed by atoms with E-state index in [9.17, 15) is 5.11 Å². The summed E-state index contributed by atoms with van der Waals surface area (Å²) in [4.78, 5) is 8.73. The Balaban J connectivity index is 2.03. The third kappa shape index (κ3) is 2.85. The third-order valence-corrected chi connectivity index (χ3v) is 4.38. The van der Waals surface area contributed by atoms with Crippen molar-refractivity contribution >= 4 is 11.3 Å². The van der Waals surface area contributed by atoms with Gasteiger partial charge in [-0.2, -0.15) is 0 Å². The molecule has 2 aromatic heterocycles. The summed E-state index contributed by atoms with van der Waals surface area (Å²) in [5.74, 6) is 1.17. The van der Waals surface area contributed by atoms with Gasteiger partial charge in [0.1, 0.15) is 5.01 Å². The van der Waals surface area contributed by atoms with E-state index in [1.165, 1.54) is 25.6 Å². The number of nitrogens with zero attached hydrogens (tertiary/aromatic N) is 2. The molecule has 24 heavy (non-hydrogen) atoms. The van der Waals surface area contributed by atoms with Crippen LogP contribution in [0.5, 0.6) is 23.1 Å². The number of benzene rings is 1. The number of methoxy groups -OCH3 is 3. The maximum atomic E-state index is 10.2. The number of phenolic OH excluding ortho intramolecular Hbond substituents is 1. The molecule has 3 rings (SSSR count). The Labute approximate surface area is 143 Å². The quantitative estimate of drug-likeness (QED) is 0.762. The number of phenols is 1. The molecule has 0 fully saturated rings. The Morgan fingerprint density at radius 2 is 1.88 bits per heavy atom. The van der Waals surface area contributed by atoms with E-state index < -0.39 is 0 Å². The van der Waals surface area contributed by atoms with Gasteiger partial charge in [0, 0.05) is 28.8 Å². The molecule has 0 bridgehead atoms. The Bertz CT molecular complexity index is 864. The van der Waals surface area contributed by atoms with Gasteiger partial charge in [0.25, 0.3) is 0 Å². The van der Waals surface area contributed by atoms with Gasteiger partial charge in [-0.25, -0.2) is 9.97 Å². The average molecular weight is 344 g/mol. The molecule has 0 aliphatic heterocycles. The number of aromatic nitrogens is 2. The van der Waals surface area contributed by atoms with Crippen molar-refractivity contribution in [2.45, 2.75) is 0 Å². The summed E-state index contributed by atoms with van der Waals surface area (Å²) in [6.07, 6.45) is 1.68. The number of rotatable bonds is 5. The van der Waals surface area contributed by atoms with Crippen molar-refractivity contribution in [1.82, 2.24) is 9.97 Å². The van der Waals surface area contributed by atoms with Gasteiger partial charge in [-0.05, 0) is 18.2 Å². The van der Waals surface area contributed by atoms with Crippen molar-refractivity contribution in [3.05, 3.63) is 35.8 Å². The lowest BCUT2D eigenvalue weighted by atomic mass is 10.1. The lowest BCUT2D eigenvalue weighted by molar-refractivity contribution is 0.341. The first-order chi connectivity index (χ1) is 11.7. The summed E-state index contributed by atoms with van der Waals surface area (Å²) >= 11 is 1.49. The van der Waals surface area contributed by atoms with Crippen LogP contribution in [-0.2, 0) is 0 Å². The molecule has 1 aromatic carbocycles. The highest BCUT2D eigenvalue weighted by Crippen LogP contribution is 2.44. The fourth-order valence-electron chi connectivity index (χ4n) is 2.31. The van der Waals surface area contributed by atoms with E-state index in [2.05, 4.69) is 9.97 Å². The van der Waals surface area contributed by atoms with E-state index in [4.69, 9.17) is 14.2 Å². The van der Waals surface area contributed by atoms with Crippen LogP contribution in [0, 0.1) is 0 Å². The van der Waals surface area contributed by atoms with Crippen LogP contribution in [0.1, 0.15) is 0 Å². The van der Waals surface area contributed by atoms with Crippen molar-refractivity contribution < 1.29 is 19.3 Å². The van der Waals surface area contributed by atoms with Gasteiger partial charge < -0.3 is 19.3 Å². The molecule has 0 atom stereocenters. The highest BCUT2D eigenvalue weighted by molar-refractivity contribution is 7.13. The van der Waals surface area contributed by atoms with Crippen LogP contribution in [0.15, 0.2) is 35.8 Å². The van der Waals surface area contributed by atoms with Crippen molar-refractivity contribution in [1.29, 1.82) is 0 Å². The molecule has 0 saturated carbocycles.